The summed E-state index contributed by atoms with van der Waals surface area (Å²) in [5.41, 5.74) is 0.0422. The lowest BCUT2D eigenvalue weighted by molar-refractivity contribution is 0.104. The van der Waals surface area contributed by atoms with Gasteiger partial charge in [-0.3, -0.25) is 0 Å². The molecular weight excluding hydrogens is 242 g/mol. The lowest BCUT2D eigenvalue weighted by Crippen LogP contribution is -2.32. The average molecular weight is 275 g/mol. The molecule has 0 spiro atoms. The maximum atomic E-state index is 9.71. The van der Waals surface area contributed by atoms with Crippen molar-refractivity contribution in [3.05, 3.63) is 0 Å². The predicted octanol–water partition coefficient (Wildman–Crippen LogP) is 6.09. The van der Waals surface area contributed by atoms with Crippen LogP contribution in [0.3, 0.4) is 0 Å². The molecule has 0 aromatic rings. The van der Waals surface area contributed by atoms with Gasteiger partial charge in [0.25, 0.3) is 0 Å². The van der Waals surface area contributed by atoms with Crippen LogP contribution in [-0.2, 0) is 0 Å². The molecule has 0 aromatic heterocycles. The second-order valence-electron chi connectivity index (χ2n) is 7.54. The van der Waals surface area contributed by atoms with E-state index in [4.69, 9.17) is 0 Å². The number of hydrogen-bond donors (Lipinski definition) is 0. The van der Waals surface area contributed by atoms with Gasteiger partial charge in [-0.15, -0.1) is 0 Å². The Bertz CT molecular complexity index is 321. The third kappa shape index (κ3) is 3.78. The molecule has 0 amide bonds. The van der Waals surface area contributed by atoms with Crippen LogP contribution in [0, 0.1) is 34.5 Å². The Labute approximate surface area is 126 Å². The summed E-state index contributed by atoms with van der Waals surface area (Å²) < 4.78 is 0. The molecule has 0 saturated heterocycles. The minimum atomic E-state index is 0.0422. The zero-order valence-electron chi connectivity index (χ0n) is 13.7. The fourth-order valence-corrected chi connectivity index (χ4v) is 4.78. The van der Waals surface area contributed by atoms with Crippen LogP contribution >= 0.6 is 0 Å². The molecule has 2 aliphatic rings. The first-order valence-corrected chi connectivity index (χ1v) is 9.14. The monoisotopic (exact) mass is 275 g/mol. The number of unbranched alkanes of at least 4 members (excludes halogenated alkanes) is 1. The van der Waals surface area contributed by atoms with E-state index in [1.54, 1.807) is 0 Å². The van der Waals surface area contributed by atoms with E-state index in [2.05, 4.69) is 19.9 Å². The van der Waals surface area contributed by atoms with Crippen LogP contribution in [0.2, 0.25) is 0 Å². The molecule has 1 heteroatoms. The van der Waals surface area contributed by atoms with Crippen molar-refractivity contribution in [3.63, 3.8) is 0 Å². The third-order valence-electron chi connectivity index (χ3n) is 6.26. The van der Waals surface area contributed by atoms with Gasteiger partial charge in [-0.25, -0.2) is 0 Å². The summed E-state index contributed by atoms with van der Waals surface area (Å²) in [6, 6.07) is 2.74. The standard InChI is InChI=1S/C19H33N/c1-3-5-12-19(15-20)13-6-7-18(14-19)17-10-8-16(4-2)9-11-17/h16-18H,3-14H2,1-2H3/t16?,17?,18-,19+/m1/s1. The van der Waals surface area contributed by atoms with Crippen LogP contribution in [-0.4, -0.2) is 0 Å². The topological polar surface area (TPSA) is 23.8 Å². The maximum Gasteiger partial charge on any atom is 0.0689 e. The number of nitriles is 1. The minimum Gasteiger partial charge on any atom is -0.198 e. The number of rotatable bonds is 5. The van der Waals surface area contributed by atoms with Gasteiger partial charge in [0.1, 0.15) is 0 Å². The molecule has 0 aromatic carbocycles. The van der Waals surface area contributed by atoms with Gasteiger partial charge in [0.05, 0.1) is 11.5 Å². The van der Waals surface area contributed by atoms with Crippen LogP contribution in [0.25, 0.3) is 0 Å². The van der Waals surface area contributed by atoms with Crippen molar-refractivity contribution < 1.29 is 0 Å². The molecule has 2 atom stereocenters. The van der Waals surface area contributed by atoms with Crippen LogP contribution < -0.4 is 0 Å². The first-order chi connectivity index (χ1) is 9.73. The molecule has 2 aliphatic carbocycles. The highest BCUT2D eigenvalue weighted by molar-refractivity contribution is 5.03. The van der Waals surface area contributed by atoms with Crippen molar-refractivity contribution in [1.82, 2.24) is 0 Å². The highest BCUT2D eigenvalue weighted by Gasteiger charge is 2.39. The molecule has 2 fully saturated rings. The summed E-state index contributed by atoms with van der Waals surface area (Å²) in [6.45, 7) is 4.59. The quantitative estimate of drug-likeness (QED) is 0.595. The van der Waals surface area contributed by atoms with Gasteiger partial charge in [-0.2, -0.15) is 5.26 Å². The summed E-state index contributed by atoms with van der Waals surface area (Å²) in [6.07, 6.45) is 15.9. The second-order valence-corrected chi connectivity index (χ2v) is 7.54. The van der Waals surface area contributed by atoms with Crippen LogP contribution in [0.1, 0.15) is 90.9 Å². The van der Waals surface area contributed by atoms with Crippen molar-refractivity contribution >= 4 is 0 Å². The summed E-state index contributed by atoms with van der Waals surface area (Å²) in [5, 5.41) is 9.71. The van der Waals surface area contributed by atoms with Crippen molar-refractivity contribution in [2.75, 3.05) is 0 Å². The molecule has 0 N–H and O–H groups in total. The molecule has 2 rings (SSSR count). The van der Waals surface area contributed by atoms with Crippen molar-refractivity contribution in [1.29, 1.82) is 5.26 Å². The smallest absolute Gasteiger partial charge is 0.0689 e. The minimum absolute atomic E-state index is 0.0422. The third-order valence-corrected chi connectivity index (χ3v) is 6.26. The first-order valence-electron chi connectivity index (χ1n) is 9.14. The normalized spacial score (nSPS) is 38.4. The highest BCUT2D eigenvalue weighted by atomic mass is 14.5. The molecule has 0 aliphatic heterocycles. The zero-order valence-corrected chi connectivity index (χ0v) is 13.7. The van der Waals surface area contributed by atoms with Gasteiger partial charge in [-0.1, -0.05) is 58.8 Å². The van der Waals surface area contributed by atoms with Crippen LogP contribution in [0.15, 0.2) is 0 Å². The average Bonchev–Trinajstić information content (AvgIpc) is 2.53. The van der Waals surface area contributed by atoms with Gasteiger partial charge >= 0.3 is 0 Å². The van der Waals surface area contributed by atoms with E-state index >= 15 is 0 Å². The lowest BCUT2D eigenvalue weighted by atomic mass is 9.62. The molecule has 0 bridgehead atoms. The Morgan fingerprint density at radius 2 is 1.80 bits per heavy atom. The molecular formula is C19H33N. The van der Waals surface area contributed by atoms with E-state index in [1.807, 2.05) is 0 Å². The molecule has 2 saturated carbocycles. The molecule has 0 unspecified atom stereocenters. The number of nitrogens with zero attached hydrogens (tertiary/aromatic N) is 1. The van der Waals surface area contributed by atoms with Crippen molar-refractivity contribution in [3.8, 4) is 6.07 Å². The van der Waals surface area contributed by atoms with Crippen LogP contribution in [0.4, 0.5) is 0 Å². The Morgan fingerprint density at radius 1 is 1.05 bits per heavy atom. The van der Waals surface area contributed by atoms with E-state index in [0.29, 0.717) is 0 Å². The molecule has 114 valence electrons. The van der Waals surface area contributed by atoms with E-state index in [9.17, 15) is 5.26 Å². The van der Waals surface area contributed by atoms with E-state index in [-0.39, 0.29) is 5.41 Å². The van der Waals surface area contributed by atoms with Crippen molar-refractivity contribution in [2.45, 2.75) is 90.9 Å². The SMILES string of the molecule is CCCC[C@]1(C#N)CCC[C@@H](C2CCC(CC)CC2)C1. The number of hydrogen-bond acceptors (Lipinski definition) is 1. The maximum absolute atomic E-state index is 9.71. The van der Waals surface area contributed by atoms with E-state index in [1.165, 1.54) is 70.6 Å². The van der Waals surface area contributed by atoms with Crippen LogP contribution in [0.5, 0.6) is 0 Å². The Morgan fingerprint density at radius 3 is 2.40 bits per heavy atom. The van der Waals surface area contributed by atoms with E-state index in [0.717, 1.165) is 24.2 Å². The predicted molar refractivity (Wildman–Crippen MR) is 85.3 cm³/mol. The summed E-state index contributed by atoms with van der Waals surface area (Å²) in [5.74, 6) is 2.79. The van der Waals surface area contributed by atoms with Gasteiger partial charge < -0.3 is 0 Å². The van der Waals surface area contributed by atoms with Gasteiger partial charge in [0.2, 0.25) is 0 Å². The summed E-state index contributed by atoms with van der Waals surface area (Å²) in [4.78, 5) is 0. The molecule has 0 heterocycles. The van der Waals surface area contributed by atoms with E-state index < -0.39 is 0 Å². The fraction of sp³-hybridized carbons (Fsp3) is 0.947. The Hall–Kier alpha value is -0.510. The van der Waals surface area contributed by atoms with Gasteiger partial charge in [0.15, 0.2) is 0 Å². The zero-order chi connectivity index (χ0) is 14.4. The molecule has 0 radical (unpaired) electrons. The molecule has 1 nitrogen and oxygen atoms in total. The van der Waals surface area contributed by atoms with Crippen molar-refractivity contribution in [2.24, 2.45) is 23.2 Å². The second kappa shape index (κ2) is 7.48. The van der Waals surface area contributed by atoms with Gasteiger partial charge in [-0.05, 0) is 49.9 Å². The fourth-order valence-electron chi connectivity index (χ4n) is 4.78. The summed E-state index contributed by atoms with van der Waals surface area (Å²) >= 11 is 0. The largest absolute Gasteiger partial charge is 0.198 e. The van der Waals surface area contributed by atoms with Gasteiger partial charge in [0, 0.05) is 0 Å². The Balaban J connectivity index is 1.91. The molecule has 20 heavy (non-hydrogen) atoms. The Kier molecular flexibility index (Phi) is 5.94. The summed E-state index contributed by atoms with van der Waals surface area (Å²) in [7, 11) is 0. The lowest BCUT2D eigenvalue weighted by Gasteiger charge is -2.41. The highest BCUT2D eigenvalue weighted by Crippen LogP contribution is 2.48. The first kappa shape index (κ1) is 15.9.